The predicted octanol–water partition coefficient (Wildman–Crippen LogP) is 4.79. The summed E-state index contributed by atoms with van der Waals surface area (Å²) in [6.07, 6.45) is 2.40. The van der Waals surface area contributed by atoms with Crippen molar-refractivity contribution in [1.82, 2.24) is 19.9 Å². The van der Waals surface area contributed by atoms with Crippen LogP contribution in [0.15, 0.2) is 66.9 Å². The number of benzene rings is 2. The van der Waals surface area contributed by atoms with Crippen LogP contribution in [-0.2, 0) is 13.1 Å². The number of ether oxygens (including phenoxy) is 1. The molecule has 0 radical (unpaired) electrons. The Labute approximate surface area is 185 Å². The van der Waals surface area contributed by atoms with Gasteiger partial charge in [0.2, 0.25) is 0 Å². The number of halogens is 1. The first kappa shape index (κ1) is 20.9. The molecule has 1 amide bonds. The highest BCUT2D eigenvalue weighted by atomic mass is 35.5. The van der Waals surface area contributed by atoms with Crippen LogP contribution < -0.4 is 10.1 Å². The molecule has 31 heavy (non-hydrogen) atoms. The van der Waals surface area contributed by atoms with E-state index in [1.54, 1.807) is 24.4 Å². The smallest absolute Gasteiger partial charge is 0.270 e. The highest BCUT2D eigenvalue weighted by Gasteiger charge is 2.13. The Kier molecular flexibility index (Phi) is 6.48. The van der Waals surface area contributed by atoms with E-state index in [4.69, 9.17) is 21.3 Å². The van der Waals surface area contributed by atoms with E-state index in [0.29, 0.717) is 18.8 Å². The van der Waals surface area contributed by atoms with Gasteiger partial charge in [-0.2, -0.15) is 0 Å². The second-order valence-corrected chi connectivity index (χ2v) is 7.59. The zero-order valence-corrected chi connectivity index (χ0v) is 18.0. The number of aryl methyl sites for hydroxylation is 2. The molecule has 2 aromatic heterocycles. The van der Waals surface area contributed by atoms with Gasteiger partial charge in [-0.05, 0) is 61.4 Å². The monoisotopic (exact) mass is 434 g/mol. The van der Waals surface area contributed by atoms with Crippen molar-refractivity contribution < 1.29 is 9.53 Å². The molecule has 0 saturated heterocycles. The Hall–Kier alpha value is -3.38. The molecule has 0 unspecified atom stereocenters. The Morgan fingerprint density at radius 1 is 1.13 bits per heavy atom. The van der Waals surface area contributed by atoms with Gasteiger partial charge < -0.3 is 14.6 Å². The highest BCUT2D eigenvalue weighted by Crippen LogP contribution is 2.21. The standard InChI is InChI=1S/C24H23ClN4O2/c1-17-15-18(10-11-19(17)25)31-14-6-13-29-22-9-3-2-7-20(22)28-23(29)16-27-24(30)21-8-4-5-12-26-21/h2-5,7-12,15H,6,13-14,16H2,1H3,(H,27,30). The van der Waals surface area contributed by atoms with Crippen LogP contribution in [0.4, 0.5) is 0 Å². The molecule has 0 aliphatic heterocycles. The van der Waals surface area contributed by atoms with E-state index in [1.807, 2.05) is 49.4 Å². The first-order chi connectivity index (χ1) is 15.1. The number of hydrogen-bond acceptors (Lipinski definition) is 4. The first-order valence-electron chi connectivity index (χ1n) is 10.1. The molecule has 2 aromatic carbocycles. The summed E-state index contributed by atoms with van der Waals surface area (Å²) < 4.78 is 8.01. The summed E-state index contributed by atoms with van der Waals surface area (Å²) in [5, 5.41) is 3.65. The van der Waals surface area contributed by atoms with Gasteiger partial charge in [0.05, 0.1) is 24.2 Å². The number of fused-ring (bicyclic) bond motifs is 1. The molecule has 0 saturated carbocycles. The number of carbonyl (C=O) groups is 1. The molecule has 4 rings (SSSR count). The van der Waals surface area contributed by atoms with Crippen molar-refractivity contribution in [2.75, 3.05) is 6.61 Å². The molecular formula is C24H23ClN4O2. The molecule has 0 fully saturated rings. The first-order valence-corrected chi connectivity index (χ1v) is 10.5. The third-order valence-corrected chi connectivity index (χ3v) is 5.39. The summed E-state index contributed by atoms with van der Waals surface area (Å²) in [6.45, 7) is 3.56. The second kappa shape index (κ2) is 9.62. The molecule has 0 atom stereocenters. The van der Waals surface area contributed by atoms with Crippen molar-refractivity contribution in [2.24, 2.45) is 0 Å². The Balaban J connectivity index is 1.42. The average Bonchev–Trinajstić information content (AvgIpc) is 3.15. The van der Waals surface area contributed by atoms with Crippen LogP contribution in [0.3, 0.4) is 0 Å². The van der Waals surface area contributed by atoms with Crippen LogP contribution in [-0.4, -0.2) is 27.0 Å². The number of imidazole rings is 1. The van der Waals surface area contributed by atoms with Crippen LogP contribution in [0.2, 0.25) is 5.02 Å². The van der Waals surface area contributed by atoms with E-state index < -0.39 is 0 Å². The van der Waals surface area contributed by atoms with Crippen LogP contribution in [0.5, 0.6) is 5.75 Å². The fraction of sp³-hybridized carbons (Fsp3) is 0.208. The van der Waals surface area contributed by atoms with Crippen molar-refractivity contribution >= 4 is 28.5 Å². The maximum absolute atomic E-state index is 12.4. The van der Waals surface area contributed by atoms with Crippen LogP contribution in [0.25, 0.3) is 11.0 Å². The normalized spacial score (nSPS) is 10.9. The van der Waals surface area contributed by atoms with Gasteiger partial charge in [0.15, 0.2) is 0 Å². The van der Waals surface area contributed by atoms with E-state index in [-0.39, 0.29) is 5.91 Å². The van der Waals surface area contributed by atoms with Gasteiger partial charge in [0.1, 0.15) is 17.3 Å². The molecule has 1 N–H and O–H groups in total. The lowest BCUT2D eigenvalue weighted by Gasteiger charge is -2.11. The van der Waals surface area contributed by atoms with Gasteiger partial charge in [0.25, 0.3) is 5.91 Å². The molecule has 0 bridgehead atoms. The fourth-order valence-corrected chi connectivity index (χ4v) is 3.49. The van der Waals surface area contributed by atoms with E-state index in [1.165, 1.54) is 0 Å². The van der Waals surface area contributed by atoms with Gasteiger partial charge in [0, 0.05) is 17.8 Å². The number of para-hydroxylation sites is 2. The fourth-order valence-electron chi connectivity index (χ4n) is 3.38. The number of aromatic nitrogens is 3. The average molecular weight is 435 g/mol. The summed E-state index contributed by atoms with van der Waals surface area (Å²) in [4.78, 5) is 21.2. The van der Waals surface area contributed by atoms with Gasteiger partial charge in [-0.25, -0.2) is 4.98 Å². The van der Waals surface area contributed by atoms with Gasteiger partial charge in [-0.1, -0.05) is 29.8 Å². The van der Waals surface area contributed by atoms with Crippen LogP contribution >= 0.6 is 11.6 Å². The number of amides is 1. The third-order valence-electron chi connectivity index (χ3n) is 4.96. The van der Waals surface area contributed by atoms with E-state index in [0.717, 1.165) is 46.2 Å². The van der Waals surface area contributed by atoms with E-state index in [9.17, 15) is 4.79 Å². The number of pyridine rings is 1. The minimum Gasteiger partial charge on any atom is -0.494 e. The number of hydrogen-bond donors (Lipinski definition) is 1. The summed E-state index contributed by atoms with van der Waals surface area (Å²) in [7, 11) is 0. The van der Waals surface area contributed by atoms with Crippen molar-refractivity contribution in [2.45, 2.75) is 26.4 Å². The zero-order valence-electron chi connectivity index (χ0n) is 17.2. The Bertz CT molecular complexity index is 1190. The SMILES string of the molecule is Cc1cc(OCCCn2c(CNC(=O)c3ccccn3)nc3ccccc32)ccc1Cl. The number of nitrogens with zero attached hydrogens (tertiary/aromatic N) is 3. The minimum absolute atomic E-state index is 0.222. The molecule has 7 heteroatoms. The minimum atomic E-state index is -0.222. The van der Waals surface area contributed by atoms with Crippen LogP contribution in [0.1, 0.15) is 28.3 Å². The van der Waals surface area contributed by atoms with Crippen LogP contribution in [0, 0.1) is 6.92 Å². The predicted molar refractivity (Wildman–Crippen MR) is 121 cm³/mol. The molecule has 158 valence electrons. The molecule has 0 aliphatic rings. The van der Waals surface area contributed by atoms with E-state index in [2.05, 4.69) is 14.9 Å². The summed E-state index contributed by atoms with van der Waals surface area (Å²) in [6, 6.07) is 18.9. The van der Waals surface area contributed by atoms with Crippen molar-refractivity contribution in [3.63, 3.8) is 0 Å². The van der Waals surface area contributed by atoms with Gasteiger partial charge in [-0.3, -0.25) is 9.78 Å². The molecular weight excluding hydrogens is 412 g/mol. The quantitative estimate of drug-likeness (QED) is 0.405. The third kappa shape index (κ3) is 5.03. The number of rotatable bonds is 8. The number of nitrogens with one attached hydrogen (secondary N) is 1. The largest absolute Gasteiger partial charge is 0.494 e. The summed E-state index contributed by atoms with van der Waals surface area (Å²) in [5.41, 5.74) is 3.31. The lowest BCUT2D eigenvalue weighted by molar-refractivity contribution is 0.0944. The van der Waals surface area contributed by atoms with E-state index >= 15 is 0 Å². The Morgan fingerprint density at radius 3 is 2.77 bits per heavy atom. The molecule has 0 spiro atoms. The highest BCUT2D eigenvalue weighted by molar-refractivity contribution is 6.31. The lowest BCUT2D eigenvalue weighted by Crippen LogP contribution is -2.25. The lowest BCUT2D eigenvalue weighted by atomic mass is 10.2. The molecule has 2 heterocycles. The van der Waals surface area contributed by atoms with Gasteiger partial charge in [-0.15, -0.1) is 0 Å². The van der Waals surface area contributed by atoms with Gasteiger partial charge >= 0.3 is 0 Å². The second-order valence-electron chi connectivity index (χ2n) is 7.18. The number of carbonyl (C=O) groups excluding carboxylic acids is 1. The molecule has 4 aromatic rings. The topological polar surface area (TPSA) is 69.0 Å². The zero-order chi connectivity index (χ0) is 21.6. The molecule has 0 aliphatic carbocycles. The van der Waals surface area contributed by atoms with Crippen molar-refractivity contribution in [3.8, 4) is 5.75 Å². The van der Waals surface area contributed by atoms with Crippen molar-refractivity contribution in [1.29, 1.82) is 0 Å². The van der Waals surface area contributed by atoms with Crippen molar-refractivity contribution in [3.05, 3.63) is 89.0 Å². The summed E-state index contributed by atoms with van der Waals surface area (Å²) >= 11 is 6.07. The Morgan fingerprint density at radius 2 is 1.97 bits per heavy atom. The summed E-state index contributed by atoms with van der Waals surface area (Å²) in [5.74, 6) is 1.38. The maximum Gasteiger partial charge on any atom is 0.270 e. The maximum atomic E-state index is 12.4. The molecule has 6 nitrogen and oxygen atoms in total.